The van der Waals surface area contributed by atoms with E-state index < -0.39 is 0 Å². The third kappa shape index (κ3) is 6.27. The number of ether oxygens (including phenoxy) is 2. The summed E-state index contributed by atoms with van der Waals surface area (Å²) in [6.07, 6.45) is 1.24. The quantitative estimate of drug-likeness (QED) is 0.537. The fourth-order valence-corrected chi connectivity index (χ4v) is 0.897. The van der Waals surface area contributed by atoms with E-state index >= 15 is 0 Å². The molecule has 15 heavy (non-hydrogen) atoms. The van der Waals surface area contributed by atoms with Gasteiger partial charge in [0.25, 0.3) is 0 Å². The molecular weight excluding hydrogens is 268 g/mol. The monoisotopic (exact) mass is 282 g/mol. The molecule has 0 radical (unpaired) electrons. The van der Waals surface area contributed by atoms with Crippen molar-refractivity contribution >= 4 is 23.1 Å². The van der Waals surface area contributed by atoms with Crippen molar-refractivity contribution in [2.24, 2.45) is 0 Å². The van der Waals surface area contributed by atoms with Gasteiger partial charge >= 0.3 is 23.1 Å². The Morgan fingerprint density at radius 2 is 2.07 bits per heavy atom. The van der Waals surface area contributed by atoms with Gasteiger partial charge in [0, 0.05) is 11.5 Å². The number of rotatable bonds is 4. The van der Waals surface area contributed by atoms with Gasteiger partial charge < -0.3 is 26.5 Å². The molecule has 1 rings (SSSR count). The molecule has 80 valence electrons. The van der Waals surface area contributed by atoms with Gasteiger partial charge in [0.15, 0.2) is 0 Å². The van der Waals surface area contributed by atoms with Gasteiger partial charge in [-0.05, 0) is 13.3 Å². The van der Waals surface area contributed by atoms with Crippen molar-refractivity contribution in [2.45, 2.75) is 26.4 Å². The van der Waals surface area contributed by atoms with E-state index in [1.165, 1.54) is 0 Å². The van der Waals surface area contributed by atoms with E-state index in [4.69, 9.17) is 9.47 Å². The number of hydrogen-bond donors (Lipinski definition) is 0. The molecule has 1 atom stereocenters. The Morgan fingerprint density at radius 1 is 1.40 bits per heavy atom. The average molecular weight is 283 g/mol. The van der Waals surface area contributed by atoms with Gasteiger partial charge in [0.1, 0.15) is 0 Å². The van der Waals surface area contributed by atoms with Gasteiger partial charge in [-0.3, -0.25) is 0 Å². The molecule has 0 aliphatic carbocycles. The average Bonchev–Trinajstić information content (AvgIpc) is 2.19. The van der Waals surface area contributed by atoms with E-state index in [0.29, 0.717) is 0 Å². The third-order valence-electron chi connectivity index (χ3n) is 1.89. The molecule has 0 amide bonds. The summed E-state index contributed by atoms with van der Waals surface area (Å²) < 4.78 is 10.6. The van der Waals surface area contributed by atoms with Crippen molar-refractivity contribution < 1.29 is 26.5 Å². The fraction of sp³-hybridized carbons (Fsp3) is 0.455. The molecule has 0 aliphatic heterocycles. The number of halogens is 1. The number of methoxy groups -OCH3 is 1. The molecule has 4 heteroatoms. The molecule has 0 fully saturated rings. The summed E-state index contributed by atoms with van der Waals surface area (Å²) in [5.74, 6) is 1.58. The maximum Gasteiger partial charge on any atom is 2.00 e. The Bertz CT molecular complexity index is 251. The molecule has 2 nitrogen and oxygen atoms in total. The van der Waals surface area contributed by atoms with E-state index in [1.807, 2.05) is 19.1 Å². The zero-order valence-electron chi connectivity index (χ0n) is 9.42. The van der Waals surface area contributed by atoms with Crippen LogP contribution < -0.4 is 26.5 Å². The zero-order valence-corrected chi connectivity index (χ0v) is 12.4. The molecule has 0 aromatic heterocycles. The van der Waals surface area contributed by atoms with Gasteiger partial charge in [-0.1, -0.05) is 6.92 Å². The Morgan fingerprint density at radius 3 is 2.47 bits per heavy atom. The standard InChI is InChI=1S/C11H15O2.BrH.Mg/c1-4-9(2)13-11-7-5-10(12-3)6-8-11;;/h5-7,9H,4H2,1-3H3;1H;/q-1;;+2/p-1. The summed E-state index contributed by atoms with van der Waals surface area (Å²) in [6, 6.07) is 8.52. The SMILES string of the molecule is CCC(C)Oc1[c-]cc(OC)cc1.[Br-].[Mg+2]. The maximum absolute atomic E-state index is 5.55. The maximum atomic E-state index is 5.55. The normalized spacial score (nSPS) is 10.6. The van der Waals surface area contributed by atoms with Crippen molar-refractivity contribution in [3.63, 3.8) is 0 Å². The number of benzene rings is 1. The van der Waals surface area contributed by atoms with Crippen LogP contribution in [0.3, 0.4) is 0 Å². The fourth-order valence-electron chi connectivity index (χ4n) is 0.897. The third-order valence-corrected chi connectivity index (χ3v) is 1.89. The summed E-state index contributed by atoms with van der Waals surface area (Å²) in [6.45, 7) is 4.13. The van der Waals surface area contributed by atoms with Crippen molar-refractivity contribution in [1.82, 2.24) is 0 Å². The van der Waals surface area contributed by atoms with Crippen LogP contribution >= 0.6 is 0 Å². The van der Waals surface area contributed by atoms with Gasteiger partial charge in [0.2, 0.25) is 0 Å². The largest absolute Gasteiger partial charge is 2.00 e. The summed E-state index contributed by atoms with van der Waals surface area (Å²) in [7, 11) is 1.64. The van der Waals surface area contributed by atoms with Crippen LogP contribution in [0.5, 0.6) is 11.5 Å². The van der Waals surface area contributed by atoms with E-state index in [0.717, 1.165) is 17.9 Å². The predicted octanol–water partition coefficient (Wildman–Crippen LogP) is -0.704. The molecular formula is C11H15BrMgO2. The van der Waals surface area contributed by atoms with Gasteiger partial charge in [-0.25, -0.2) is 0 Å². The Kier molecular flexibility index (Phi) is 10.8. The van der Waals surface area contributed by atoms with E-state index in [2.05, 4.69) is 13.0 Å². The molecule has 0 heterocycles. The predicted molar refractivity (Wildman–Crippen MR) is 58.0 cm³/mol. The summed E-state index contributed by atoms with van der Waals surface area (Å²) >= 11 is 0. The van der Waals surface area contributed by atoms with Crippen LogP contribution in [-0.2, 0) is 0 Å². The van der Waals surface area contributed by atoms with Crippen LogP contribution in [0, 0.1) is 6.07 Å². The minimum absolute atomic E-state index is 0. The molecule has 0 N–H and O–H groups in total. The second-order valence-corrected chi connectivity index (χ2v) is 2.93. The molecule has 0 saturated heterocycles. The van der Waals surface area contributed by atoms with Crippen LogP contribution in [0.1, 0.15) is 20.3 Å². The van der Waals surface area contributed by atoms with Gasteiger partial charge in [0.05, 0.1) is 13.2 Å². The van der Waals surface area contributed by atoms with Crippen LogP contribution in [0.4, 0.5) is 0 Å². The van der Waals surface area contributed by atoms with Gasteiger partial charge in [-0.15, -0.1) is 24.3 Å². The molecule has 1 aromatic carbocycles. The molecule has 0 saturated carbocycles. The molecule has 1 aromatic rings. The molecule has 0 aliphatic rings. The number of hydrogen-bond acceptors (Lipinski definition) is 2. The van der Waals surface area contributed by atoms with Crippen LogP contribution in [0.2, 0.25) is 0 Å². The Labute approximate surface area is 118 Å². The Hall–Kier alpha value is 0.0662. The Balaban J connectivity index is 0. The van der Waals surface area contributed by atoms with Crippen molar-refractivity contribution in [3.05, 3.63) is 24.3 Å². The minimum Gasteiger partial charge on any atom is -1.00 e. The van der Waals surface area contributed by atoms with Crippen molar-refractivity contribution in [1.29, 1.82) is 0 Å². The smallest absolute Gasteiger partial charge is 1.00 e. The van der Waals surface area contributed by atoms with E-state index in [1.54, 1.807) is 13.2 Å². The van der Waals surface area contributed by atoms with Crippen molar-refractivity contribution in [2.75, 3.05) is 7.11 Å². The second kappa shape index (κ2) is 9.30. The van der Waals surface area contributed by atoms with Gasteiger partial charge in [-0.2, -0.15) is 0 Å². The van der Waals surface area contributed by atoms with E-state index in [-0.39, 0.29) is 46.1 Å². The van der Waals surface area contributed by atoms with E-state index in [9.17, 15) is 0 Å². The minimum atomic E-state index is 0. The topological polar surface area (TPSA) is 18.5 Å². The first-order chi connectivity index (χ1) is 6.26. The molecule has 1 unspecified atom stereocenters. The zero-order chi connectivity index (χ0) is 9.68. The first-order valence-corrected chi connectivity index (χ1v) is 4.48. The summed E-state index contributed by atoms with van der Waals surface area (Å²) in [4.78, 5) is 0. The first kappa shape index (κ1) is 17.5. The van der Waals surface area contributed by atoms with Crippen LogP contribution in [0.25, 0.3) is 0 Å². The molecule has 0 spiro atoms. The second-order valence-electron chi connectivity index (χ2n) is 2.93. The summed E-state index contributed by atoms with van der Waals surface area (Å²) in [5, 5.41) is 0. The van der Waals surface area contributed by atoms with Crippen molar-refractivity contribution in [3.8, 4) is 11.5 Å². The van der Waals surface area contributed by atoms with Crippen LogP contribution in [-0.4, -0.2) is 36.3 Å². The molecule has 0 bridgehead atoms. The first-order valence-electron chi connectivity index (χ1n) is 4.48. The van der Waals surface area contributed by atoms with Crippen LogP contribution in [0.15, 0.2) is 18.2 Å². The summed E-state index contributed by atoms with van der Waals surface area (Å²) in [5.41, 5.74) is 0.